The zero-order valence-electron chi connectivity index (χ0n) is 11.7. The van der Waals surface area contributed by atoms with Crippen molar-refractivity contribution in [3.63, 3.8) is 0 Å². The van der Waals surface area contributed by atoms with Crippen LogP contribution in [0.15, 0.2) is 36.4 Å². The van der Waals surface area contributed by atoms with E-state index in [1.165, 1.54) is 19.3 Å². The number of aromatic hydroxyl groups is 1. The monoisotopic (exact) mass is 319 g/mol. The summed E-state index contributed by atoms with van der Waals surface area (Å²) in [7, 11) is 1.40. The molecular formula is C16H14ClNO4. The second-order valence-electron chi connectivity index (χ2n) is 4.50. The number of carboxylic acids is 1. The number of benzene rings is 2. The van der Waals surface area contributed by atoms with Crippen LogP contribution in [0.5, 0.6) is 11.5 Å². The molecule has 0 bridgehead atoms. The smallest absolute Gasteiger partial charge is 0.336 e. The number of aliphatic carboxylic acids is 1. The minimum atomic E-state index is -1.11. The number of hydrogen-bond donors (Lipinski definition) is 3. The van der Waals surface area contributed by atoms with Crippen LogP contribution in [0.3, 0.4) is 0 Å². The highest BCUT2D eigenvalue weighted by Gasteiger charge is 2.14. The van der Waals surface area contributed by atoms with Crippen molar-refractivity contribution in [2.24, 2.45) is 0 Å². The molecule has 4 N–H and O–H groups in total. The maximum atomic E-state index is 11.5. The highest BCUT2D eigenvalue weighted by molar-refractivity contribution is 6.34. The summed E-state index contributed by atoms with van der Waals surface area (Å²) in [6.45, 7) is 0. The van der Waals surface area contributed by atoms with Crippen molar-refractivity contribution in [3.8, 4) is 11.5 Å². The average molecular weight is 320 g/mol. The largest absolute Gasteiger partial charge is 0.503 e. The van der Waals surface area contributed by atoms with E-state index >= 15 is 0 Å². The molecule has 0 aliphatic heterocycles. The van der Waals surface area contributed by atoms with Crippen LogP contribution in [0.25, 0.3) is 11.6 Å². The van der Waals surface area contributed by atoms with Crippen molar-refractivity contribution < 1.29 is 19.7 Å². The molecule has 0 heterocycles. The Kier molecular flexibility index (Phi) is 4.58. The number of nitrogen functional groups attached to an aromatic ring is 1. The van der Waals surface area contributed by atoms with Gasteiger partial charge in [0, 0.05) is 5.69 Å². The van der Waals surface area contributed by atoms with Crippen LogP contribution in [0.4, 0.5) is 5.69 Å². The summed E-state index contributed by atoms with van der Waals surface area (Å²) < 4.78 is 4.95. The van der Waals surface area contributed by atoms with Crippen LogP contribution >= 0.6 is 11.6 Å². The number of anilines is 1. The van der Waals surface area contributed by atoms with Crippen LogP contribution < -0.4 is 10.5 Å². The first-order valence-electron chi connectivity index (χ1n) is 6.30. The summed E-state index contributed by atoms with van der Waals surface area (Å²) in [6.07, 6.45) is 1.38. The third kappa shape index (κ3) is 3.15. The van der Waals surface area contributed by atoms with E-state index in [0.717, 1.165) is 0 Å². The van der Waals surface area contributed by atoms with Crippen LogP contribution in [0.1, 0.15) is 11.1 Å². The van der Waals surface area contributed by atoms with Gasteiger partial charge in [-0.2, -0.15) is 0 Å². The van der Waals surface area contributed by atoms with Gasteiger partial charge in [0.1, 0.15) is 0 Å². The maximum Gasteiger partial charge on any atom is 0.336 e. The molecule has 0 spiro atoms. The summed E-state index contributed by atoms with van der Waals surface area (Å²) >= 11 is 6.05. The fraction of sp³-hybridized carbons (Fsp3) is 0.0625. The van der Waals surface area contributed by atoms with E-state index < -0.39 is 5.97 Å². The predicted molar refractivity (Wildman–Crippen MR) is 86.0 cm³/mol. The van der Waals surface area contributed by atoms with Crippen molar-refractivity contribution in [1.82, 2.24) is 0 Å². The van der Waals surface area contributed by atoms with E-state index in [0.29, 0.717) is 16.8 Å². The van der Waals surface area contributed by atoms with E-state index in [9.17, 15) is 15.0 Å². The topological polar surface area (TPSA) is 92.8 Å². The Morgan fingerprint density at radius 3 is 2.41 bits per heavy atom. The number of carboxylic acid groups (broad SMARTS) is 1. The Morgan fingerprint density at radius 1 is 1.23 bits per heavy atom. The number of halogens is 1. The minimum Gasteiger partial charge on any atom is -0.503 e. The second kappa shape index (κ2) is 6.41. The normalized spacial score (nSPS) is 11.3. The fourth-order valence-corrected chi connectivity index (χ4v) is 2.14. The molecular weight excluding hydrogens is 306 g/mol. The molecule has 0 atom stereocenters. The molecule has 5 nitrogen and oxygen atoms in total. The lowest BCUT2D eigenvalue weighted by Crippen LogP contribution is -2.00. The Balaban J connectivity index is 2.54. The molecule has 0 saturated carbocycles. The molecule has 6 heteroatoms. The molecule has 0 radical (unpaired) electrons. The highest BCUT2D eigenvalue weighted by atomic mass is 35.5. The Labute approximate surface area is 132 Å². The van der Waals surface area contributed by atoms with E-state index in [2.05, 4.69) is 0 Å². The van der Waals surface area contributed by atoms with Crippen LogP contribution in [-0.2, 0) is 4.79 Å². The lowest BCUT2D eigenvalue weighted by Gasteiger charge is -2.09. The first-order valence-corrected chi connectivity index (χ1v) is 6.68. The number of carbonyl (C=O) groups is 1. The van der Waals surface area contributed by atoms with Crippen molar-refractivity contribution in [2.75, 3.05) is 12.8 Å². The van der Waals surface area contributed by atoms with Crippen molar-refractivity contribution in [3.05, 3.63) is 52.5 Å². The molecule has 2 rings (SSSR count). The fourth-order valence-electron chi connectivity index (χ4n) is 1.93. The third-order valence-electron chi connectivity index (χ3n) is 3.08. The average Bonchev–Trinajstić information content (AvgIpc) is 2.50. The number of hydrogen-bond acceptors (Lipinski definition) is 4. The molecule has 0 unspecified atom stereocenters. The molecule has 0 fully saturated rings. The number of phenolic OH excluding ortho intramolecular Hbond substituents is 1. The van der Waals surface area contributed by atoms with Gasteiger partial charge in [0.15, 0.2) is 11.5 Å². The first kappa shape index (κ1) is 15.7. The number of ether oxygens (including phenoxy) is 1. The van der Waals surface area contributed by atoms with Gasteiger partial charge < -0.3 is 20.7 Å². The molecule has 0 saturated heterocycles. The molecule has 0 aromatic heterocycles. The van der Waals surface area contributed by atoms with Crippen molar-refractivity contribution in [1.29, 1.82) is 0 Å². The quantitative estimate of drug-likeness (QED) is 0.457. The van der Waals surface area contributed by atoms with Gasteiger partial charge >= 0.3 is 5.97 Å². The third-order valence-corrected chi connectivity index (χ3v) is 3.48. The van der Waals surface area contributed by atoms with Gasteiger partial charge in [0.25, 0.3) is 0 Å². The second-order valence-corrected chi connectivity index (χ2v) is 4.88. The standard InChI is InChI=1S/C16H14ClNO4/c1-22-13-7-4-10(14(17)15(13)19)8-12(16(20)21)9-2-5-11(18)6-3-9/h2-8,19H,18H2,1H3,(H,20,21)/b12-8-. The summed E-state index contributed by atoms with van der Waals surface area (Å²) in [5.41, 5.74) is 7.02. The van der Waals surface area contributed by atoms with Gasteiger partial charge in [-0.15, -0.1) is 0 Å². The number of phenols is 1. The van der Waals surface area contributed by atoms with Crippen LogP contribution in [0, 0.1) is 0 Å². The first-order chi connectivity index (χ1) is 10.4. The van der Waals surface area contributed by atoms with Crippen molar-refractivity contribution in [2.45, 2.75) is 0 Å². The summed E-state index contributed by atoms with van der Waals surface area (Å²) in [5, 5.41) is 19.3. The highest BCUT2D eigenvalue weighted by Crippen LogP contribution is 2.37. The van der Waals surface area contributed by atoms with Gasteiger partial charge in [0.2, 0.25) is 0 Å². The van der Waals surface area contributed by atoms with Gasteiger partial charge in [-0.3, -0.25) is 0 Å². The van der Waals surface area contributed by atoms with E-state index in [1.54, 1.807) is 30.3 Å². The summed E-state index contributed by atoms with van der Waals surface area (Å²) in [4.78, 5) is 11.5. The maximum absolute atomic E-state index is 11.5. The molecule has 114 valence electrons. The molecule has 0 aliphatic carbocycles. The van der Waals surface area contributed by atoms with Gasteiger partial charge in [0.05, 0.1) is 17.7 Å². The molecule has 22 heavy (non-hydrogen) atoms. The zero-order valence-corrected chi connectivity index (χ0v) is 12.5. The SMILES string of the molecule is COc1ccc(/C=C(\C(=O)O)c2ccc(N)cc2)c(Cl)c1O. The van der Waals surface area contributed by atoms with Crippen LogP contribution in [-0.4, -0.2) is 23.3 Å². The van der Waals surface area contributed by atoms with Crippen LogP contribution in [0.2, 0.25) is 5.02 Å². The van der Waals surface area contributed by atoms with E-state index in [1.807, 2.05) is 0 Å². The number of methoxy groups -OCH3 is 1. The Bertz CT molecular complexity index is 739. The molecule has 2 aromatic rings. The minimum absolute atomic E-state index is 0.0218. The zero-order chi connectivity index (χ0) is 16.3. The van der Waals surface area contributed by atoms with Gasteiger partial charge in [-0.05, 0) is 41.5 Å². The number of nitrogens with two attached hydrogens (primary N) is 1. The number of rotatable bonds is 4. The molecule has 2 aromatic carbocycles. The molecule has 0 amide bonds. The lowest BCUT2D eigenvalue weighted by molar-refractivity contribution is -0.130. The summed E-state index contributed by atoms with van der Waals surface area (Å²) in [6, 6.07) is 9.51. The van der Waals surface area contributed by atoms with E-state index in [-0.39, 0.29) is 22.1 Å². The Hall–Kier alpha value is -2.66. The lowest BCUT2D eigenvalue weighted by atomic mass is 10.0. The predicted octanol–water partition coefficient (Wildman–Crippen LogP) is 3.26. The Morgan fingerprint density at radius 2 is 1.86 bits per heavy atom. The molecule has 0 aliphatic rings. The van der Waals surface area contributed by atoms with Gasteiger partial charge in [-0.1, -0.05) is 23.7 Å². The summed E-state index contributed by atoms with van der Waals surface area (Å²) in [5.74, 6) is -1.14. The van der Waals surface area contributed by atoms with E-state index in [4.69, 9.17) is 22.1 Å². The van der Waals surface area contributed by atoms with Gasteiger partial charge in [-0.25, -0.2) is 4.79 Å². The van der Waals surface area contributed by atoms with Crippen molar-refractivity contribution >= 4 is 34.9 Å².